The van der Waals surface area contributed by atoms with Gasteiger partial charge in [-0.2, -0.15) is 0 Å². The van der Waals surface area contributed by atoms with Gasteiger partial charge in [-0.15, -0.1) is 0 Å². The summed E-state index contributed by atoms with van der Waals surface area (Å²) in [5.41, 5.74) is 3.71. The molecule has 4 heteroatoms. The second kappa shape index (κ2) is 9.00. The van der Waals surface area contributed by atoms with Crippen LogP contribution >= 0.6 is 11.9 Å². The number of hydrogen-bond donors (Lipinski definition) is 3. The number of rotatable bonds is 8. The minimum atomic E-state index is 0.620. The van der Waals surface area contributed by atoms with Gasteiger partial charge in [0, 0.05) is 24.0 Å². The lowest BCUT2D eigenvalue weighted by Gasteiger charge is -2.19. The third-order valence-electron chi connectivity index (χ3n) is 4.37. The fourth-order valence-corrected chi connectivity index (χ4v) is 3.72. The van der Waals surface area contributed by atoms with Crippen molar-refractivity contribution in [1.29, 1.82) is 0 Å². The van der Waals surface area contributed by atoms with E-state index < -0.39 is 0 Å². The van der Waals surface area contributed by atoms with Crippen LogP contribution in [0.1, 0.15) is 38.2 Å². The highest BCUT2D eigenvalue weighted by molar-refractivity contribution is 7.97. The molecule has 1 saturated carbocycles. The smallest absolute Gasteiger partial charge is 0.0590 e. The first-order chi connectivity index (χ1) is 11.8. The Balaban J connectivity index is 1.73. The molecule has 3 nitrogen and oxygen atoms in total. The van der Waals surface area contributed by atoms with E-state index in [9.17, 15) is 0 Å². The van der Waals surface area contributed by atoms with E-state index in [1.807, 2.05) is 0 Å². The lowest BCUT2D eigenvalue weighted by atomic mass is 10.2. The van der Waals surface area contributed by atoms with Crippen LogP contribution in [0.15, 0.2) is 53.4 Å². The van der Waals surface area contributed by atoms with Crippen molar-refractivity contribution in [1.82, 2.24) is 4.72 Å². The van der Waals surface area contributed by atoms with Gasteiger partial charge in [0.25, 0.3) is 0 Å². The Morgan fingerprint density at radius 3 is 2.54 bits per heavy atom. The molecule has 0 heterocycles. The zero-order valence-electron chi connectivity index (χ0n) is 14.3. The van der Waals surface area contributed by atoms with Crippen molar-refractivity contribution in [3.05, 3.63) is 54.1 Å². The van der Waals surface area contributed by atoms with E-state index in [-0.39, 0.29) is 0 Å². The molecule has 0 saturated heterocycles. The summed E-state index contributed by atoms with van der Waals surface area (Å²) in [5.74, 6) is 0. The molecule has 0 spiro atoms. The van der Waals surface area contributed by atoms with E-state index in [1.54, 1.807) is 11.9 Å². The molecule has 0 unspecified atom stereocenters. The van der Waals surface area contributed by atoms with Gasteiger partial charge in [-0.3, -0.25) is 4.72 Å². The van der Waals surface area contributed by atoms with Crippen molar-refractivity contribution in [3.8, 4) is 0 Å². The molecule has 0 radical (unpaired) electrons. The van der Waals surface area contributed by atoms with Crippen molar-refractivity contribution >= 4 is 23.3 Å². The zero-order valence-corrected chi connectivity index (χ0v) is 15.2. The maximum Gasteiger partial charge on any atom is 0.0590 e. The Labute approximate surface area is 149 Å². The number of anilines is 2. The summed E-state index contributed by atoms with van der Waals surface area (Å²) >= 11 is 1.69. The first-order valence-electron chi connectivity index (χ1n) is 8.93. The summed E-state index contributed by atoms with van der Waals surface area (Å²) in [5, 5.41) is 7.35. The van der Waals surface area contributed by atoms with Gasteiger partial charge in [0.1, 0.15) is 0 Å². The first kappa shape index (κ1) is 17.2. The van der Waals surface area contributed by atoms with Crippen molar-refractivity contribution in [2.24, 2.45) is 0 Å². The van der Waals surface area contributed by atoms with E-state index in [1.165, 1.54) is 47.5 Å². The van der Waals surface area contributed by atoms with Crippen molar-refractivity contribution < 1.29 is 0 Å². The summed E-state index contributed by atoms with van der Waals surface area (Å²) in [6.07, 6.45) is 5.26. The second-order valence-corrected chi connectivity index (χ2v) is 7.24. The molecule has 0 aromatic heterocycles. The van der Waals surface area contributed by atoms with Gasteiger partial charge in [0.05, 0.1) is 11.4 Å². The van der Waals surface area contributed by atoms with E-state index in [0.29, 0.717) is 6.04 Å². The van der Waals surface area contributed by atoms with E-state index in [2.05, 4.69) is 70.8 Å². The summed E-state index contributed by atoms with van der Waals surface area (Å²) in [4.78, 5) is 1.24. The summed E-state index contributed by atoms with van der Waals surface area (Å²) in [7, 11) is 0. The van der Waals surface area contributed by atoms with Crippen LogP contribution in [-0.2, 0) is 6.54 Å². The topological polar surface area (TPSA) is 36.1 Å². The Morgan fingerprint density at radius 1 is 1.00 bits per heavy atom. The molecule has 1 aliphatic carbocycles. The quantitative estimate of drug-likeness (QED) is 0.572. The second-order valence-electron chi connectivity index (χ2n) is 6.27. The predicted molar refractivity (Wildman–Crippen MR) is 106 cm³/mol. The predicted octanol–water partition coefficient (Wildman–Crippen LogP) is 5.27. The summed E-state index contributed by atoms with van der Waals surface area (Å²) in [6, 6.07) is 17.8. The Bertz CT molecular complexity index is 624. The Kier molecular flexibility index (Phi) is 6.44. The molecule has 128 valence electrons. The van der Waals surface area contributed by atoms with Crippen LogP contribution in [0.3, 0.4) is 0 Å². The molecule has 0 amide bonds. The molecule has 3 rings (SSSR count). The molecule has 24 heavy (non-hydrogen) atoms. The van der Waals surface area contributed by atoms with Crippen LogP contribution in [0.4, 0.5) is 11.4 Å². The van der Waals surface area contributed by atoms with Crippen LogP contribution in [0.5, 0.6) is 0 Å². The van der Waals surface area contributed by atoms with Crippen molar-refractivity contribution in [2.75, 3.05) is 17.2 Å². The van der Waals surface area contributed by atoms with Gasteiger partial charge in [-0.1, -0.05) is 50.1 Å². The third-order valence-corrected chi connectivity index (χ3v) is 5.29. The molecule has 1 fully saturated rings. The van der Waals surface area contributed by atoms with Crippen LogP contribution in [0, 0.1) is 0 Å². The monoisotopic (exact) mass is 341 g/mol. The lowest BCUT2D eigenvalue weighted by Crippen LogP contribution is -2.16. The van der Waals surface area contributed by atoms with Crippen LogP contribution in [0.2, 0.25) is 0 Å². The number of nitrogens with one attached hydrogen (secondary N) is 3. The fraction of sp³-hybridized carbons (Fsp3) is 0.400. The van der Waals surface area contributed by atoms with E-state index in [0.717, 1.165) is 13.1 Å². The maximum atomic E-state index is 3.74. The molecule has 0 atom stereocenters. The molecular formula is C20H27N3S. The van der Waals surface area contributed by atoms with E-state index in [4.69, 9.17) is 0 Å². The van der Waals surface area contributed by atoms with Crippen LogP contribution in [-0.4, -0.2) is 12.6 Å². The molecule has 0 bridgehead atoms. The van der Waals surface area contributed by atoms with Gasteiger partial charge in [-0.25, -0.2) is 0 Å². The third kappa shape index (κ3) is 4.92. The Hall–Kier alpha value is -1.65. The zero-order chi connectivity index (χ0) is 16.6. The average Bonchev–Trinajstić information content (AvgIpc) is 3.13. The minimum Gasteiger partial charge on any atom is -0.381 e. The first-order valence-corrected chi connectivity index (χ1v) is 9.75. The summed E-state index contributed by atoms with van der Waals surface area (Å²) in [6.45, 7) is 3.92. The Morgan fingerprint density at radius 2 is 1.79 bits per heavy atom. The molecule has 3 N–H and O–H groups in total. The normalized spacial score (nSPS) is 14.7. The average molecular weight is 342 g/mol. The molecule has 2 aromatic rings. The van der Waals surface area contributed by atoms with Crippen LogP contribution in [0.25, 0.3) is 0 Å². The van der Waals surface area contributed by atoms with Gasteiger partial charge >= 0.3 is 0 Å². The van der Waals surface area contributed by atoms with Gasteiger partial charge in [0.15, 0.2) is 0 Å². The maximum absolute atomic E-state index is 3.74. The van der Waals surface area contributed by atoms with Crippen molar-refractivity contribution in [2.45, 2.75) is 50.1 Å². The van der Waals surface area contributed by atoms with Gasteiger partial charge < -0.3 is 10.6 Å². The van der Waals surface area contributed by atoms with Gasteiger partial charge in [0.2, 0.25) is 0 Å². The van der Waals surface area contributed by atoms with Crippen LogP contribution < -0.4 is 15.4 Å². The number of hydrogen-bond acceptors (Lipinski definition) is 4. The highest BCUT2D eigenvalue weighted by Crippen LogP contribution is 2.31. The minimum absolute atomic E-state index is 0.620. The molecule has 2 aromatic carbocycles. The molecule has 1 aliphatic rings. The standard InChI is InChI=1S/C20H27N3S/c1-2-22-24-18-12-13-19(23-17-10-6-7-11-17)20(14-18)21-15-16-8-4-3-5-9-16/h3-5,8-9,12-14,17,21-23H,2,6-7,10-11,15H2,1H3. The lowest BCUT2D eigenvalue weighted by molar-refractivity contribution is 0.755. The van der Waals surface area contributed by atoms with E-state index >= 15 is 0 Å². The summed E-state index contributed by atoms with van der Waals surface area (Å²) < 4.78 is 3.33. The van der Waals surface area contributed by atoms with Gasteiger partial charge in [-0.05, 0) is 48.6 Å². The highest BCUT2D eigenvalue weighted by atomic mass is 32.2. The molecule has 0 aliphatic heterocycles. The fourth-order valence-electron chi connectivity index (χ4n) is 3.10. The molecular weight excluding hydrogens is 314 g/mol. The van der Waals surface area contributed by atoms with Crippen molar-refractivity contribution in [3.63, 3.8) is 0 Å². The largest absolute Gasteiger partial charge is 0.381 e. The highest BCUT2D eigenvalue weighted by Gasteiger charge is 2.16. The SMILES string of the molecule is CCNSc1ccc(NC2CCCC2)c(NCc2ccccc2)c1. The number of benzene rings is 2.